The highest BCUT2D eigenvalue weighted by Gasteiger charge is 2.38. The highest BCUT2D eigenvalue weighted by atomic mass is 16.4. The third-order valence-electron chi connectivity index (χ3n) is 4.17. The van der Waals surface area contributed by atoms with Crippen molar-refractivity contribution in [3.8, 4) is 0 Å². The predicted octanol–water partition coefficient (Wildman–Crippen LogP) is 1.51. The van der Waals surface area contributed by atoms with Gasteiger partial charge in [-0.2, -0.15) is 0 Å². The summed E-state index contributed by atoms with van der Waals surface area (Å²) in [7, 11) is 0. The molecule has 4 N–H and O–H groups in total. The fourth-order valence-corrected chi connectivity index (χ4v) is 2.92. The summed E-state index contributed by atoms with van der Waals surface area (Å²) in [6, 6.07) is 0. The summed E-state index contributed by atoms with van der Waals surface area (Å²) in [5, 5.41) is 12.0. The summed E-state index contributed by atoms with van der Waals surface area (Å²) >= 11 is 0. The van der Waals surface area contributed by atoms with Gasteiger partial charge < -0.3 is 16.2 Å². The van der Waals surface area contributed by atoms with Crippen molar-refractivity contribution in [3.63, 3.8) is 0 Å². The fourth-order valence-electron chi connectivity index (χ4n) is 2.92. The van der Waals surface area contributed by atoms with E-state index < -0.39 is 11.5 Å². The minimum atomic E-state index is -1.16. The van der Waals surface area contributed by atoms with Crippen LogP contribution in [0, 0.1) is 11.8 Å². The molecule has 3 unspecified atom stereocenters. The molecule has 0 saturated heterocycles. The van der Waals surface area contributed by atoms with Crippen molar-refractivity contribution >= 4 is 11.9 Å². The number of aliphatic carboxylic acids is 1. The van der Waals surface area contributed by atoms with Crippen LogP contribution in [0.3, 0.4) is 0 Å². The lowest BCUT2D eigenvalue weighted by molar-refractivity contribution is -0.148. The van der Waals surface area contributed by atoms with Crippen LogP contribution in [-0.2, 0) is 9.59 Å². The van der Waals surface area contributed by atoms with Crippen LogP contribution in [0.15, 0.2) is 0 Å². The van der Waals surface area contributed by atoms with E-state index in [0.29, 0.717) is 19.4 Å². The van der Waals surface area contributed by atoms with Crippen molar-refractivity contribution in [1.82, 2.24) is 5.32 Å². The van der Waals surface area contributed by atoms with Gasteiger partial charge in [0, 0.05) is 5.92 Å². The summed E-state index contributed by atoms with van der Waals surface area (Å²) in [6.07, 6.45) is 5.06. The number of amides is 1. The smallest absolute Gasteiger partial charge is 0.329 e. The SMILES string of the molecule is CCCC(C)(NC(=O)C1CCCCC1CN)C(=O)O. The molecule has 3 atom stereocenters. The number of carboxylic acid groups (broad SMARTS) is 1. The lowest BCUT2D eigenvalue weighted by Gasteiger charge is -2.33. The Morgan fingerprint density at radius 1 is 1.37 bits per heavy atom. The van der Waals surface area contributed by atoms with Gasteiger partial charge in [-0.05, 0) is 38.6 Å². The maximum absolute atomic E-state index is 12.3. The Bertz CT molecular complexity index is 333. The van der Waals surface area contributed by atoms with Gasteiger partial charge in [0.15, 0.2) is 0 Å². The normalized spacial score (nSPS) is 26.5. The van der Waals surface area contributed by atoms with Gasteiger partial charge in [-0.15, -0.1) is 0 Å². The van der Waals surface area contributed by atoms with Crippen LogP contribution in [0.1, 0.15) is 52.4 Å². The average Bonchev–Trinajstić information content (AvgIpc) is 2.38. The van der Waals surface area contributed by atoms with E-state index in [9.17, 15) is 14.7 Å². The van der Waals surface area contributed by atoms with Gasteiger partial charge in [-0.1, -0.05) is 26.2 Å². The van der Waals surface area contributed by atoms with Gasteiger partial charge in [-0.3, -0.25) is 4.79 Å². The molecule has 0 aromatic rings. The second-order valence-electron chi connectivity index (χ2n) is 5.76. The molecule has 1 saturated carbocycles. The molecule has 5 nitrogen and oxygen atoms in total. The Labute approximate surface area is 114 Å². The van der Waals surface area contributed by atoms with Crippen LogP contribution in [0.4, 0.5) is 0 Å². The van der Waals surface area contributed by atoms with Crippen LogP contribution in [0.25, 0.3) is 0 Å². The number of rotatable bonds is 6. The van der Waals surface area contributed by atoms with E-state index in [2.05, 4.69) is 5.32 Å². The van der Waals surface area contributed by atoms with Crippen LogP contribution in [0.5, 0.6) is 0 Å². The third kappa shape index (κ3) is 3.93. The number of carboxylic acids is 1. The summed E-state index contributed by atoms with van der Waals surface area (Å²) in [5.41, 5.74) is 4.55. The maximum Gasteiger partial charge on any atom is 0.329 e. The Morgan fingerprint density at radius 3 is 2.53 bits per heavy atom. The minimum absolute atomic E-state index is 0.130. The first-order valence-corrected chi connectivity index (χ1v) is 7.20. The number of nitrogens with one attached hydrogen (secondary N) is 1. The molecule has 0 heterocycles. The van der Waals surface area contributed by atoms with Crippen LogP contribution in [-0.4, -0.2) is 29.1 Å². The fraction of sp³-hybridized carbons (Fsp3) is 0.857. The average molecular weight is 270 g/mol. The Hall–Kier alpha value is -1.10. The molecule has 0 spiro atoms. The topological polar surface area (TPSA) is 92.4 Å². The van der Waals surface area contributed by atoms with Crippen molar-refractivity contribution in [2.45, 2.75) is 57.9 Å². The summed E-state index contributed by atoms with van der Waals surface area (Å²) in [6.45, 7) is 3.99. The predicted molar refractivity (Wildman–Crippen MR) is 73.6 cm³/mol. The van der Waals surface area contributed by atoms with Crippen molar-refractivity contribution in [2.75, 3.05) is 6.54 Å². The standard InChI is InChI=1S/C14H26N2O3/c1-3-8-14(2,13(18)19)16-12(17)11-7-5-4-6-10(11)9-15/h10-11H,3-9,15H2,1-2H3,(H,16,17)(H,18,19). The van der Waals surface area contributed by atoms with E-state index in [1.54, 1.807) is 6.92 Å². The first-order valence-electron chi connectivity index (χ1n) is 7.20. The van der Waals surface area contributed by atoms with Gasteiger partial charge in [0.25, 0.3) is 0 Å². The molecule has 19 heavy (non-hydrogen) atoms. The molecular formula is C14H26N2O3. The molecule has 1 fully saturated rings. The molecule has 5 heteroatoms. The van der Waals surface area contributed by atoms with E-state index in [1.165, 1.54) is 0 Å². The molecule has 0 radical (unpaired) electrons. The number of nitrogens with two attached hydrogens (primary N) is 1. The van der Waals surface area contributed by atoms with Crippen LogP contribution < -0.4 is 11.1 Å². The van der Waals surface area contributed by atoms with E-state index in [0.717, 1.165) is 25.7 Å². The van der Waals surface area contributed by atoms with E-state index in [4.69, 9.17) is 5.73 Å². The first kappa shape index (κ1) is 16.0. The summed E-state index contributed by atoms with van der Waals surface area (Å²) in [5.74, 6) is -1.06. The van der Waals surface area contributed by atoms with Crippen LogP contribution >= 0.6 is 0 Å². The number of carbonyl (C=O) groups excluding carboxylic acids is 1. The molecule has 1 amide bonds. The lowest BCUT2D eigenvalue weighted by Crippen LogP contribution is -2.55. The van der Waals surface area contributed by atoms with Crippen molar-refractivity contribution in [3.05, 3.63) is 0 Å². The van der Waals surface area contributed by atoms with E-state index >= 15 is 0 Å². The Balaban J connectivity index is 2.73. The van der Waals surface area contributed by atoms with Crippen molar-refractivity contribution in [1.29, 1.82) is 0 Å². The largest absolute Gasteiger partial charge is 0.480 e. The first-order chi connectivity index (χ1) is 8.94. The van der Waals surface area contributed by atoms with Gasteiger partial charge in [0.1, 0.15) is 5.54 Å². The zero-order valence-electron chi connectivity index (χ0n) is 11.9. The molecule has 0 bridgehead atoms. The number of hydrogen-bond donors (Lipinski definition) is 3. The molecular weight excluding hydrogens is 244 g/mol. The van der Waals surface area contributed by atoms with Gasteiger partial charge in [0.2, 0.25) is 5.91 Å². The van der Waals surface area contributed by atoms with Gasteiger partial charge in [0.05, 0.1) is 0 Å². The number of hydrogen-bond acceptors (Lipinski definition) is 3. The highest BCUT2D eigenvalue weighted by Crippen LogP contribution is 2.30. The highest BCUT2D eigenvalue weighted by molar-refractivity contribution is 5.87. The monoisotopic (exact) mass is 270 g/mol. The molecule has 110 valence electrons. The number of carbonyl (C=O) groups is 2. The lowest BCUT2D eigenvalue weighted by atomic mass is 9.78. The summed E-state index contributed by atoms with van der Waals surface area (Å²) in [4.78, 5) is 23.7. The minimum Gasteiger partial charge on any atom is -0.480 e. The molecule has 1 aliphatic rings. The van der Waals surface area contributed by atoms with E-state index in [-0.39, 0.29) is 17.7 Å². The molecule has 0 aromatic heterocycles. The third-order valence-corrected chi connectivity index (χ3v) is 4.17. The molecule has 1 rings (SSSR count). The zero-order chi connectivity index (χ0) is 14.5. The second-order valence-corrected chi connectivity index (χ2v) is 5.76. The quantitative estimate of drug-likeness (QED) is 0.682. The summed E-state index contributed by atoms with van der Waals surface area (Å²) < 4.78 is 0. The van der Waals surface area contributed by atoms with Crippen LogP contribution in [0.2, 0.25) is 0 Å². The zero-order valence-corrected chi connectivity index (χ0v) is 11.9. The van der Waals surface area contributed by atoms with Crippen molar-refractivity contribution in [2.24, 2.45) is 17.6 Å². The Morgan fingerprint density at radius 2 is 2.00 bits per heavy atom. The Kier molecular flexibility index (Phi) is 5.79. The van der Waals surface area contributed by atoms with Crippen molar-refractivity contribution < 1.29 is 14.7 Å². The molecule has 0 aromatic carbocycles. The van der Waals surface area contributed by atoms with E-state index in [1.807, 2.05) is 6.92 Å². The second kappa shape index (κ2) is 6.89. The van der Waals surface area contributed by atoms with Gasteiger partial charge in [-0.25, -0.2) is 4.79 Å². The van der Waals surface area contributed by atoms with Gasteiger partial charge >= 0.3 is 5.97 Å². The maximum atomic E-state index is 12.3. The molecule has 1 aliphatic carbocycles. The molecule has 0 aliphatic heterocycles.